The summed E-state index contributed by atoms with van der Waals surface area (Å²) in [6.07, 6.45) is 1.83. The molecule has 3 heteroatoms. The number of carbonyl (C=O) groups excluding carboxylic acids is 2. The van der Waals surface area contributed by atoms with Crippen molar-refractivity contribution in [1.29, 1.82) is 0 Å². The highest BCUT2D eigenvalue weighted by Crippen LogP contribution is 2.26. The summed E-state index contributed by atoms with van der Waals surface area (Å²) in [6, 6.07) is 13.2. The molecule has 0 saturated carbocycles. The number of hydrogen-bond acceptors (Lipinski definition) is 2. The molecule has 1 N–H and O–H groups in total. The molecule has 104 valence electrons. The molecule has 0 aromatic heterocycles. The Labute approximate surface area is 123 Å². The molecular formula is C18H15NO2. The van der Waals surface area contributed by atoms with Crippen LogP contribution in [0.4, 0.5) is 0 Å². The SMILES string of the molecule is Cc1ccc(/C=C2\C(=O)NC(=O)c3ccccc32)cc1C. The predicted molar refractivity (Wildman–Crippen MR) is 82.7 cm³/mol. The van der Waals surface area contributed by atoms with Gasteiger partial charge in [-0.2, -0.15) is 0 Å². The molecule has 2 amide bonds. The Balaban J connectivity index is 2.14. The average Bonchev–Trinajstić information content (AvgIpc) is 2.47. The summed E-state index contributed by atoms with van der Waals surface area (Å²) < 4.78 is 0. The summed E-state index contributed by atoms with van der Waals surface area (Å²) in [4.78, 5) is 24.0. The molecule has 3 rings (SSSR count). The molecule has 0 atom stereocenters. The van der Waals surface area contributed by atoms with Crippen LogP contribution in [-0.2, 0) is 4.79 Å². The summed E-state index contributed by atoms with van der Waals surface area (Å²) in [6.45, 7) is 4.09. The van der Waals surface area contributed by atoms with Gasteiger partial charge in [-0.3, -0.25) is 14.9 Å². The molecule has 3 nitrogen and oxygen atoms in total. The van der Waals surface area contributed by atoms with Crippen molar-refractivity contribution in [3.8, 4) is 0 Å². The molecule has 0 bridgehead atoms. The normalized spacial score (nSPS) is 15.8. The molecule has 2 aromatic rings. The summed E-state index contributed by atoms with van der Waals surface area (Å²) in [5.41, 5.74) is 5.07. The van der Waals surface area contributed by atoms with E-state index in [0.29, 0.717) is 16.7 Å². The third-order valence-electron chi connectivity index (χ3n) is 3.78. The molecule has 0 radical (unpaired) electrons. The van der Waals surface area contributed by atoms with Crippen LogP contribution >= 0.6 is 0 Å². The summed E-state index contributed by atoms with van der Waals surface area (Å²) in [5.74, 6) is -0.690. The number of hydrogen-bond donors (Lipinski definition) is 1. The number of rotatable bonds is 1. The van der Waals surface area contributed by atoms with E-state index in [-0.39, 0.29) is 11.8 Å². The first-order valence-electron chi connectivity index (χ1n) is 6.80. The fraction of sp³-hybridized carbons (Fsp3) is 0.111. The minimum absolute atomic E-state index is 0.340. The zero-order valence-electron chi connectivity index (χ0n) is 11.9. The van der Waals surface area contributed by atoms with Crippen molar-refractivity contribution in [1.82, 2.24) is 5.32 Å². The second kappa shape index (κ2) is 5.02. The molecule has 0 spiro atoms. The largest absolute Gasteiger partial charge is 0.288 e. The maximum atomic E-state index is 12.1. The number of nitrogens with one attached hydrogen (secondary N) is 1. The fourth-order valence-corrected chi connectivity index (χ4v) is 2.44. The van der Waals surface area contributed by atoms with E-state index in [4.69, 9.17) is 0 Å². The number of imide groups is 1. The molecule has 0 unspecified atom stereocenters. The highest BCUT2D eigenvalue weighted by molar-refractivity contribution is 6.33. The third-order valence-corrected chi connectivity index (χ3v) is 3.78. The molecule has 0 fully saturated rings. The Morgan fingerprint density at radius 3 is 2.29 bits per heavy atom. The molecule has 1 aliphatic heterocycles. The first-order chi connectivity index (χ1) is 10.1. The zero-order valence-corrected chi connectivity index (χ0v) is 11.9. The molecule has 21 heavy (non-hydrogen) atoms. The van der Waals surface area contributed by atoms with Gasteiger partial charge in [0.15, 0.2) is 0 Å². The van der Waals surface area contributed by atoms with Crippen molar-refractivity contribution < 1.29 is 9.59 Å². The molecule has 0 aliphatic carbocycles. The lowest BCUT2D eigenvalue weighted by Crippen LogP contribution is -2.36. The lowest BCUT2D eigenvalue weighted by atomic mass is 9.93. The van der Waals surface area contributed by atoms with Crippen molar-refractivity contribution in [2.45, 2.75) is 13.8 Å². The van der Waals surface area contributed by atoms with E-state index in [0.717, 1.165) is 5.56 Å². The van der Waals surface area contributed by atoms with Gasteiger partial charge < -0.3 is 0 Å². The van der Waals surface area contributed by atoms with Crippen molar-refractivity contribution in [2.24, 2.45) is 0 Å². The standard InChI is InChI=1S/C18H15NO2/c1-11-7-8-13(9-12(11)2)10-16-14-5-3-4-6-15(14)17(20)19-18(16)21/h3-10H,1-2H3,(H,19,20,21)/b16-10-. The van der Waals surface area contributed by atoms with Crippen LogP contribution in [-0.4, -0.2) is 11.8 Å². The highest BCUT2D eigenvalue weighted by atomic mass is 16.2. The van der Waals surface area contributed by atoms with E-state index in [1.54, 1.807) is 18.2 Å². The first-order valence-corrected chi connectivity index (χ1v) is 6.80. The fourth-order valence-electron chi connectivity index (χ4n) is 2.44. The van der Waals surface area contributed by atoms with Crippen molar-refractivity contribution in [2.75, 3.05) is 0 Å². The van der Waals surface area contributed by atoms with Gasteiger partial charge in [0, 0.05) is 11.1 Å². The molecule has 1 heterocycles. The summed E-state index contributed by atoms with van der Waals surface area (Å²) >= 11 is 0. The third kappa shape index (κ3) is 2.38. The maximum Gasteiger partial charge on any atom is 0.258 e. The van der Waals surface area contributed by atoms with Crippen LogP contribution < -0.4 is 5.32 Å². The van der Waals surface area contributed by atoms with E-state index in [9.17, 15) is 9.59 Å². The summed E-state index contributed by atoms with van der Waals surface area (Å²) in [5, 5.41) is 2.39. The minimum Gasteiger partial charge on any atom is -0.288 e. The second-order valence-electron chi connectivity index (χ2n) is 5.23. The van der Waals surface area contributed by atoms with Crippen molar-refractivity contribution >= 4 is 23.5 Å². The Morgan fingerprint density at radius 1 is 0.857 bits per heavy atom. The monoisotopic (exact) mass is 277 g/mol. The van der Waals surface area contributed by atoms with E-state index in [1.807, 2.05) is 44.2 Å². The topological polar surface area (TPSA) is 46.2 Å². The van der Waals surface area contributed by atoms with Gasteiger partial charge in [0.25, 0.3) is 11.8 Å². The Kier molecular flexibility index (Phi) is 3.18. The quantitative estimate of drug-likeness (QED) is 0.643. The van der Waals surface area contributed by atoms with Crippen LogP contribution in [0.5, 0.6) is 0 Å². The van der Waals surface area contributed by atoms with Gasteiger partial charge in [0.1, 0.15) is 0 Å². The van der Waals surface area contributed by atoms with Crippen LogP contribution in [0.2, 0.25) is 0 Å². The zero-order chi connectivity index (χ0) is 15.0. The van der Waals surface area contributed by atoms with Crippen LogP contribution in [0.25, 0.3) is 11.6 Å². The van der Waals surface area contributed by atoms with Gasteiger partial charge in [0.05, 0.1) is 0 Å². The highest BCUT2D eigenvalue weighted by Gasteiger charge is 2.26. The number of aryl methyl sites for hydroxylation is 2. The van der Waals surface area contributed by atoms with E-state index in [2.05, 4.69) is 5.32 Å². The van der Waals surface area contributed by atoms with Gasteiger partial charge in [-0.05, 0) is 48.2 Å². The van der Waals surface area contributed by atoms with Crippen LogP contribution in [0.3, 0.4) is 0 Å². The molecule has 0 saturated heterocycles. The molecular weight excluding hydrogens is 262 g/mol. The lowest BCUT2D eigenvalue weighted by molar-refractivity contribution is -0.114. The Hall–Kier alpha value is -2.68. The van der Waals surface area contributed by atoms with E-state index >= 15 is 0 Å². The minimum atomic E-state index is -0.350. The van der Waals surface area contributed by atoms with Gasteiger partial charge in [-0.25, -0.2) is 0 Å². The molecule has 2 aromatic carbocycles. The van der Waals surface area contributed by atoms with Crippen LogP contribution in [0.15, 0.2) is 42.5 Å². The number of benzene rings is 2. The number of carbonyl (C=O) groups is 2. The lowest BCUT2D eigenvalue weighted by Gasteiger charge is -2.18. The second-order valence-corrected chi connectivity index (χ2v) is 5.23. The maximum absolute atomic E-state index is 12.1. The number of amides is 2. The van der Waals surface area contributed by atoms with E-state index in [1.165, 1.54) is 11.1 Å². The Bertz CT molecular complexity index is 788. The smallest absolute Gasteiger partial charge is 0.258 e. The van der Waals surface area contributed by atoms with Gasteiger partial charge in [0.2, 0.25) is 0 Å². The van der Waals surface area contributed by atoms with E-state index < -0.39 is 0 Å². The van der Waals surface area contributed by atoms with Gasteiger partial charge >= 0.3 is 0 Å². The van der Waals surface area contributed by atoms with Gasteiger partial charge in [-0.15, -0.1) is 0 Å². The van der Waals surface area contributed by atoms with Crippen molar-refractivity contribution in [3.63, 3.8) is 0 Å². The number of fused-ring (bicyclic) bond motifs is 1. The van der Waals surface area contributed by atoms with Crippen molar-refractivity contribution in [3.05, 3.63) is 70.3 Å². The van der Waals surface area contributed by atoms with Crippen LogP contribution in [0.1, 0.15) is 32.6 Å². The average molecular weight is 277 g/mol. The molecule has 1 aliphatic rings. The predicted octanol–water partition coefficient (Wildman–Crippen LogP) is 3.11. The van der Waals surface area contributed by atoms with Gasteiger partial charge in [-0.1, -0.05) is 36.4 Å². The summed E-state index contributed by atoms with van der Waals surface area (Å²) in [7, 11) is 0. The van der Waals surface area contributed by atoms with Crippen LogP contribution in [0, 0.1) is 13.8 Å². The Morgan fingerprint density at radius 2 is 1.57 bits per heavy atom. The first kappa shape index (κ1) is 13.3.